The Kier molecular flexibility index (Phi) is 5.82. The van der Waals surface area contributed by atoms with Crippen LogP contribution in [0.25, 0.3) is 21.7 Å². The number of rotatable bonds is 6. The number of nitrogens with one attached hydrogen (secondary N) is 2. The number of carbonyl (C=O) groups excluding carboxylic acids is 1. The van der Waals surface area contributed by atoms with Crippen LogP contribution >= 0.6 is 0 Å². The van der Waals surface area contributed by atoms with E-state index in [2.05, 4.69) is 20.0 Å². The van der Waals surface area contributed by atoms with Gasteiger partial charge in [-0.25, -0.2) is 23.2 Å². The minimum Gasteiger partial charge on any atom is -0.481 e. The third-order valence-corrected chi connectivity index (χ3v) is 6.77. The fraction of sp³-hybridized carbons (Fsp3) is 0.0400. The van der Waals surface area contributed by atoms with Gasteiger partial charge in [0, 0.05) is 17.1 Å². The first-order valence-electron chi connectivity index (χ1n) is 10.6. The number of aromatic nitrogens is 2. The largest absolute Gasteiger partial charge is 0.481 e. The van der Waals surface area contributed by atoms with Crippen molar-refractivity contribution in [2.45, 2.75) is 4.90 Å². The molecule has 5 aromatic rings. The minimum absolute atomic E-state index is 0.0368. The molecule has 10 nitrogen and oxygen atoms in total. The number of anilines is 2. The van der Waals surface area contributed by atoms with Crippen molar-refractivity contribution in [1.82, 2.24) is 9.97 Å². The summed E-state index contributed by atoms with van der Waals surface area (Å²) in [5, 5.41) is 5.02. The molecule has 1 amide bonds. The molecule has 0 bridgehead atoms. The monoisotopic (exact) mass is 502 g/mol. The third-order valence-electron chi connectivity index (χ3n) is 5.40. The molecule has 0 spiro atoms. The molecule has 5 rings (SSSR count). The van der Waals surface area contributed by atoms with Crippen molar-refractivity contribution in [3.63, 3.8) is 0 Å². The molecule has 36 heavy (non-hydrogen) atoms. The number of fused-ring (bicyclic) bond motifs is 3. The normalized spacial score (nSPS) is 11.4. The van der Waals surface area contributed by atoms with Crippen LogP contribution in [0.3, 0.4) is 0 Å². The molecule has 0 aliphatic heterocycles. The summed E-state index contributed by atoms with van der Waals surface area (Å²) in [4.78, 5) is 33.0. The van der Waals surface area contributed by atoms with E-state index in [1.807, 2.05) is 30.3 Å². The summed E-state index contributed by atoms with van der Waals surface area (Å²) in [5.41, 5.74) is -0.285. The van der Waals surface area contributed by atoms with E-state index in [1.165, 1.54) is 49.8 Å². The summed E-state index contributed by atoms with van der Waals surface area (Å²) in [6, 6.07) is 19.4. The van der Waals surface area contributed by atoms with E-state index in [0.29, 0.717) is 16.7 Å². The average molecular weight is 503 g/mol. The smallest absolute Gasteiger partial charge is 0.349 e. The van der Waals surface area contributed by atoms with Crippen molar-refractivity contribution in [2.75, 3.05) is 17.1 Å². The number of methoxy groups -OCH3 is 1. The molecule has 0 aliphatic rings. The predicted molar refractivity (Wildman–Crippen MR) is 134 cm³/mol. The molecule has 2 heterocycles. The van der Waals surface area contributed by atoms with Gasteiger partial charge >= 0.3 is 5.63 Å². The molecule has 0 atom stereocenters. The third kappa shape index (κ3) is 4.46. The summed E-state index contributed by atoms with van der Waals surface area (Å²) in [7, 11) is -2.56. The van der Waals surface area contributed by atoms with Crippen molar-refractivity contribution in [2.24, 2.45) is 0 Å². The van der Waals surface area contributed by atoms with Crippen LogP contribution in [0.2, 0.25) is 0 Å². The highest BCUT2D eigenvalue weighted by Gasteiger charge is 2.18. The van der Waals surface area contributed by atoms with Crippen LogP contribution in [0.5, 0.6) is 5.88 Å². The number of carbonyl (C=O) groups is 1. The number of benzene rings is 3. The Morgan fingerprint density at radius 1 is 0.944 bits per heavy atom. The van der Waals surface area contributed by atoms with Gasteiger partial charge in [0.1, 0.15) is 23.3 Å². The van der Waals surface area contributed by atoms with Crippen LogP contribution in [-0.2, 0) is 10.0 Å². The van der Waals surface area contributed by atoms with Crippen molar-refractivity contribution >= 4 is 49.2 Å². The molecular formula is C25H18N4O6S. The van der Waals surface area contributed by atoms with Crippen LogP contribution in [0.15, 0.2) is 93.2 Å². The number of sulfonamides is 1. The van der Waals surface area contributed by atoms with Gasteiger partial charge in [0.15, 0.2) is 0 Å². The zero-order chi connectivity index (χ0) is 25.3. The Morgan fingerprint density at radius 3 is 2.50 bits per heavy atom. The van der Waals surface area contributed by atoms with E-state index in [4.69, 9.17) is 9.15 Å². The SMILES string of the molecule is COc1cc(NS(=O)(=O)c2ccc(NC(=O)c3cc4c(ccc5ccccc54)oc3=O)cc2)ncn1. The molecule has 0 unspecified atom stereocenters. The van der Waals surface area contributed by atoms with Crippen LogP contribution in [0.4, 0.5) is 11.5 Å². The average Bonchev–Trinajstić information content (AvgIpc) is 2.88. The molecule has 0 aliphatic carbocycles. The summed E-state index contributed by atoms with van der Waals surface area (Å²) >= 11 is 0. The molecular weight excluding hydrogens is 484 g/mol. The molecule has 2 aromatic heterocycles. The van der Waals surface area contributed by atoms with Gasteiger partial charge in [0.05, 0.1) is 12.0 Å². The maximum absolute atomic E-state index is 12.9. The highest BCUT2D eigenvalue weighted by atomic mass is 32.2. The Labute approximate surface area is 204 Å². The highest BCUT2D eigenvalue weighted by molar-refractivity contribution is 7.92. The topological polar surface area (TPSA) is 140 Å². The molecule has 3 aromatic carbocycles. The first kappa shape index (κ1) is 23.0. The lowest BCUT2D eigenvalue weighted by Crippen LogP contribution is -2.20. The van der Waals surface area contributed by atoms with Crippen molar-refractivity contribution in [1.29, 1.82) is 0 Å². The predicted octanol–water partition coefficient (Wildman–Crippen LogP) is 3.80. The second-order valence-electron chi connectivity index (χ2n) is 7.68. The standard InChI is InChI=1S/C25H18N4O6S/c1-34-23-13-22(26-14-27-23)29-36(32,33)17-9-7-16(8-10-17)28-24(30)20-12-19-18-5-3-2-4-15(18)6-11-21(19)35-25(20)31/h2-14H,1H3,(H,28,30)(H,26,27,29). The first-order valence-corrected chi connectivity index (χ1v) is 12.1. The van der Waals surface area contributed by atoms with Crippen LogP contribution < -0.4 is 20.4 Å². The van der Waals surface area contributed by atoms with Gasteiger partial charge in [-0.15, -0.1) is 0 Å². The van der Waals surface area contributed by atoms with Gasteiger partial charge in [0.2, 0.25) is 5.88 Å². The number of ether oxygens (including phenoxy) is 1. The summed E-state index contributed by atoms with van der Waals surface area (Å²) in [6.07, 6.45) is 1.17. The molecule has 180 valence electrons. The van der Waals surface area contributed by atoms with Gasteiger partial charge in [-0.1, -0.05) is 30.3 Å². The van der Waals surface area contributed by atoms with E-state index in [9.17, 15) is 18.0 Å². The molecule has 11 heteroatoms. The van der Waals surface area contributed by atoms with E-state index >= 15 is 0 Å². The van der Waals surface area contributed by atoms with Gasteiger partial charge in [-0.2, -0.15) is 0 Å². The number of hydrogen-bond donors (Lipinski definition) is 2. The van der Waals surface area contributed by atoms with E-state index in [-0.39, 0.29) is 22.2 Å². The number of hydrogen-bond acceptors (Lipinski definition) is 8. The molecule has 2 N–H and O–H groups in total. The maximum Gasteiger partial charge on any atom is 0.349 e. The maximum atomic E-state index is 12.9. The van der Waals surface area contributed by atoms with Crippen LogP contribution in [0.1, 0.15) is 10.4 Å². The van der Waals surface area contributed by atoms with E-state index in [0.717, 1.165) is 10.8 Å². The van der Waals surface area contributed by atoms with Crippen molar-refractivity contribution < 1.29 is 22.4 Å². The van der Waals surface area contributed by atoms with Gasteiger partial charge in [-0.3, -0.25) is 9.52 Å². The number of amides is 1. The Morgan fingerprint density at radius 2 is 1.72 bits per heavy atom. The Balaban J connectivity index is 1.38. The summed E-state index contributed by atoms with van der Waals surface area (Å²) in [5.74, 6) is -0.442. The van der Waals surface area contributed by atoms with Gasteiger partial charge in [-0.05, 0) is 47.2 Å². The second-order valence-corrected chi connectivity index (χ2v) is 9.36. The molecule has 0 saturated heterocycles. The lowest BCUT2D eigenvalue weighted by atomic mass is 10.0. The summed E-state index contributed by atoms with van der Waals surface area (Å²) in [6.45, 7) is 0. The zero-order valence-electron chi connectivity index (χ0n) is 18.8. The summed E-state index contributed by atoms with van der Waals surface area (Å²) < 4.78 is 38.0. The second kappa shape index (κ2) is 9.12. The highest BCUT2D eigenvalue weighted by Crippen LogP contribution is 2.25. The van der Waals surface area contributed by atoms with Crippen molar-refractivity contribution in [3.8, 4) is 5.88 Å². The minimum atomic E-state index is -3.96. The van der Waals surface area contributed by atoms with E-state index < -0.39 is 21.6 Å². The van der Waals surface area contributed by atoms with E-state index in [1.54, 1.807) is 6.07 Å². The van der Waals surface area contributed by atoms with Crippen LogP contribution in [-0.4, -0.2) is 31.4 Å². The molecule has 0 fully saturated rings. The van der Waals surface area contributed by atoms with Gasteiger partial charge in [0.25, 0.3) is 15.9 Å². The Hall–Kier alpha value is -4.77. The first-order chi connectivity index (χ1) is 17.3. The lowest BCUT2D eigenvalue weighted by Gasteiger charge is -2.10. The Bertz CT molecular complexity index is 1780. The van der Waals surface area contributed by atoms with Gasteiger partial charge < -0.3 is 14.5 Å². The number of nitrogens with zero attached hydrogens (tertiary/aromatic N) is 2. The zero-order valence-corrected chi connectivity index (χ0v) is 19.6. The van der Waals surface area contributed by atoms with Crippen molar-refractivity contribution in [3.05, 3.63) is 95.1 Å². The fourth-order valence-electron chi connectivity index (χ4n) is 3.65. The van der Waals surface area contributed by atoms with Crippen LogP contribution in [0, 0.1) is 0 Å². The fourth-order valence-corrected chi connectivity index (χ4v) is 4.65. The molecule has 0 saturated carbocycles. The molecule has 0 radical (unpaired) electrons. The lowest BCUT2D eigenvalue weighted by molar-refractivity contribution is 0.102. The quantitative estimate of drug-likeness (QED) is 0.264.